The second kappa shape index (κ2) is 5.32. The molecule has 0 saturated carbocycles. The first-order chi connectivity index (χ1) is 9.61. The zero-order valence-corrected chi connectivity index (χ0v) is 12.3. The summed E-state index contributed by atoms with van der Waals surface area (Å²) in [6, 6.07) is 6.14. The molecule has 6 nitrogen and oxygen atoms in total. The van der Waals surface area contributed by atoms with E-state index in [1.165, 1.54) is 4.90 Å². The topological polar surface area (TPSA) is 78.6 Å². The molecule has 1 saturated heterocycles. The van der Waals surface area contributed by atoms with E-state index < -0.39 is 6.09 Å². The van der Waals surface area contributed by atoms with Crippen molar-refractivity contribution >= 4 is 39.1 Å². The number of likely N-dealkylation sites (tertiary alicyclic amines) is 1. The number of benzene rings is 1. The number of rotatable bonds is 3. The molecular weight excluding hydrogens is 326 g/mol. The van der Waals surface area contributed by atoms with Gasteiger partial charge in [-0.3, -0.25) is 0 Å². The maximum absolute atomic E-state index is 10.8. The van der Waals surface area contributed by atoms with Gasteiger partial charge in [0.25, 0.3) is 6.01 Å². The van der Waals surface area contributed by atoms with Crippen LogP contribution >= 0.6 is 15.9 Å². The van der Waals surface area contributed by atoms with Gasteiger partial charge in [-0.15, -0.1) is 0 Å². The number of anilines is 1. The van der Waals surface area contributed by atoms with Crippen LogP contribution in [0, 0.1) is 5.92 Å². The van der Waals surface area contributed by atoms with Gasteiger partial charge in [0.05, 0.1) is 0 Å². The van der Waals surface area contributed by atoms with E-state index in [0.717, 1.165) is 22.0 Å². The van der Waals surface area contributed by atoms with Gasteiger partial charge in [0.15, 0.2) is 5.58 Å². The van der Waals surface area contributed by atoms with E-state index in [1.807, 2.05) is 18.2 Å². The molecule has 1 aromatic heterocycles. The minimum absolute atomic E-state index is 0.299. The van der Waals surface area contributed by atoms with Gasteiger partial charge in [-0.05, 0) is 30.5 Å². The van der Waals surface area contributed by atoms with E-state index in [9.17, 15) is 4.79 Å². The summed E-state index contributed by atoms with van der Waals surface area (Å²) in [7, 11) is 0. The van der Waals surface area contributed by atoms with E-state index in [4.69, 9.17) is 9.52 Å². The molecule has 2 N–H and O–H groups in total. The Labute approximate surface area is 123 Å². The Morgan fingerprint density at radius 3 is 3.20 bits per heavy atom. The van der Waals surface area contributed by atoms with Gasteiger partial charge in [0.2, 0.25) is 0 Å². The van der Waals surface area contributed by atoms with E-state index >= 15 is 0 Å². The van der Waals surface area contributed by atoms with Crippen LogP contribution in [-0.2, 0) is 0 Å². The van der Waals surface area contributed by atoms with Crippen LogP contribution in [0.15, 0.2) is 27.1 Å². The van der Waals surface area contributed by atoms with Crippen LogP contribution in [0.3, 0.4) is 0 Å². The van der Waals surface area contributed by atoms with Crippen LogP contribution < -0.4 is 5.32 Å². The molecule has 0 aliphatic carbocycles. The van der Waals surface area contributed by atoms with Crippen molar-refractivity contribution in [3.63, 3.8) is 0 Å². The van der Waals surface area contributed by atoms with Gasteiger partial charge in [-0.1, -0.05) is 15.9 Å². The molecule has 2 aromatic rings. The Morgan fingerprint density at radius 1 is 1.60 bits per heavy atom. The monoisotopic (exact) mass is 339 g/mol. The largest absolute Gasteiger partial charge is 0.465 e. The quantitative estimate of drug-likeness (QED) is 0.898. The summed E-state index contributed by atoms with van der Waals surface area (Å²) in [5.41, 5.74) is 1.52. The van der Waals surface area contributed by atoms with Crippen molar-refractivity contribution in [2.75, 3.05) is 25.0 Å². The molecule has 1 aliphatic rings. The number of oxazole rings is 1. The van der Waals surface area contributed by atoms with Crippen molar-refractivity contribution in [3.05, 3.63) is 22.7 Å². The van der Waals surface area contributed by atoms with Gasteiger partial charge in [0, 0.05) is 24.1 Å². The third-order valence-corrected chi connectivity index (χ3v) is 3.94. The first-order valence-electron chi connectivity index (χ1n) is 6.39. The number of nitrogens with one attached hydrogen (secondary N) is 1. The van der Waals surface area contributed by atoms with Crippen LogP contribution in [0.4, 0.5) is 10.8 Å². The number of hydrogen-bond acceptors (Lipinski definition) is 4. The van der Waals surface area contributed by atoms with Crippen molar-refractivity contribution in [3.8, 4) is 0 Å². The van der Waals surface area contributed by atoms with Crippen molar-refractivity contribution < 1.29 is 14.3 Å². The highest BCUT2D eigenvalue weighted by Crippen LogP contribution is 2.23. The molecule has 1 amide bonds. The van der Waals surface area contributed by atoms with Gasteiger partial charge in [-0.25, -0.2) is 4.79 Å². The number of nitrogens with zero attached hydrogens (tertiary/aromatic N) is 2. The summed E-state index contributed by atoms with van der Waals surface area (Å²) in [6.45, 7) is 1.83. The highest BCUT2D eigenvalue weighted by molar-refractivity contribution is 9.10. The Balaban J connectivity index is 1.61. The van der Waals surface area contributed by atoms with Crippen molar-refractivity contribution in [1.82, 2.24) is 9.88 Å². The molecule has 0 spiro atoms. The fraction of sp³-hybridized carbons (Fsp3) is 0.385. The lowest BCUT2D eigenvalue weighted by Crippen LogP contribution is -2.27. The van der Waals surface area contributed by atoms with Gasteiger partial charge >= 0.3 is 6.09 Å². The Bertz CT molecular complexity index is 643. The third-order valence-electron chi connectivity index (χ3n) is 3.45. The van der Waals surface area contributed by atoms with Crippen LogP contribution in [0.5, 0.6) is 0 Å². The van der Waals surface area contributed by atoms with Gasteiger partial charge in [-0.2, -0.15) is 4.98 Å². The molecule has 0 radical (unpaired) electrons. The molecule has 1 atom stereocenters. The summed E-state index contributed by atoms with van der Waals surface area (Å²) >= 11 is 3.39. The molecule has 1 aliphatic heterocycles. The molecular formula is C13H14BrN3O3. The van der Waals surface area contributed by atoms with E-state index in [-0.39, 0.29) is 0 Å². The Hall–Kier alpha value is -1.76. The van der Waals surface area contributed by atoms with Crippen LogP contribution in [0.25, 0.3) is 11.1 Å². The maximum Gasteiger partial charge on any atom is 0.407 e. The SMILES string of the molecule is O=C(O)N1CCC(CNc2nc3cc(Br)ccc3o2)C1. The van der Waals surface area contributed by atoms with Crippen LogP contribution in [0.1, 0.15) is 6.42 Å². The summed E-state index contributed by atoms with van der Waals surface area (Å²) < 4.78 is 6.54. The minimum atomic E-state index is -0.848. The fourth-order valence-corrected chi connectivity index (χ4v) is 2.73. The second-order valence-electron chi connectivity index (χ2n) is 4.90. The molecule has 1 fully saturated rings. The molecule has 0 bridgehead atoms. The molecule has 2 heterocycles. The smallest absolute Gasteiger partial charge is 0.407 e. The number of carboxylic acid groups (broad SMARTS) is 1. The average molecular weight is 340 g/mol. The molecule has 1 unspecified atom stereocenters. The molecule has 1 aromatic carbocycles. The average Bonchev–Trinajstić information content (AvgIpc) is 3.01. The summed E-state index contributed by atoms with van der Waals surface area (Å²) in [4.78, 5) is 16.6. The van der Waals surface area contributed by atoms with Crippen molar-refractivity contribution in [2.45, 2.75) is 6.42 Å². The zero-order chi connectivity index (χ0) is 14.1. The first-order valence-corrected chi connectivity index (χ1v) is 7.19. The molecule has 106 valence electrons. The number of amides is 1. The molecule has 7 heteroatoms. The third kappa shape index (κ3) is 2.72. The van der Waals surface area contributed by atoms with E-state index in [1.54, 1.807) is 0 Å². The molecule has 3 rings (SSSR count). The zero-order valence-electron chi connectivity index (χ0n) is 10.7. The predicted octanol–water partition coefficient (Wildman–Crippen LogP) is 3.00. The van der Waals surface area contributed by atoms with Crippen molar-refractivity contribution in [2.24, 2.45) is 5.92 Å². The number of aromatic nitrogens is 1. The van der Waals surface area contributed by atoms with Crippen molar-refractivity contribution in [1.29, 1.82) is 0 Å². The lowest BCUT2D eigenvalue weighted by molar-refractivity contribution is 0.154. The first kappa shape index (κ1) is 13.2. The highest BCUT2D eigenvalue weighted by atomic mass is 79.9. The fourth-order valence-electron chi connectivity index (χ4n) is 2.38. The minimum Gasteiger partial charge on any atom is -0.465 e. The molecule has 20 heavy (non-hydrogen) atoms. The van der Waals surface area contributed by atoms with Gasteiger partial charge in [0.1, 0.15) is 5.52 Å². The second-order valence-corrected chi connectivity index (χ2v) is 5.81. The lowest BCUT2D eigenvalue weighted by atomic mass is 10.1. The van der Waals surface area contributed by atoms with Crippen LogP contribution in [0.2, 0.25) is 0 Å². The van der Waals surface area contributed by atoms with Gasteiger partial charge < -0.3 is 19.7 Å². The maximum atomic E-state index is 10.8. The van der Waals surface area contributed by atoms with E-state index in [0.29, 0.717) is 31.6 Å². The predicted molar refractivity (Wildman–Crippen MR) is 77.9 cm³/mol. The summed E-state index contributed by atoms with van der Waals surface area (Å²) in [6.07, 6.45) is 0.0182. The number of fused-ring (bicyclic) bond motifs is 1. The number of hydrogen-bond donors (Lipinski definition) is 2. The normalized spacial score (nSPS) is 18.6. The Morgan fingerprint density at radius 2 is 2.45 bits per heavy atom. The summed E-state index contributed by atoms with van der Waals surface area (Å²) in [5.74, 6) is 0.299. The highest BCUT2D eigenvalue weighted by Gasteiger charge is 2.25. The van der Waals surface area contributed by atoms with Crippen LogP contribution in [-0.4, -0.2) is 40.7 Å². The Kier molecular flexibility index (Phi) is 3.52. The number of carbonyl (C=O) groups is 1. The standard InChI is InChI=1S/C13H14BrN3O3/c14-9-1-2-11-10(5-9)16-12(20-11)15-6-8-3-4-17(7-8)13(18)19/h1-2,5,8H,3-4,6-7H2,(H,15,16)(H,18,19). The summed E-state index contributed by atoms with van der Waals surface area (Å²) in [5, 5.41) is 12.1. The van der Waals surface area contributed by atoms with E-state index in [2.05, 4.69) is 26.2 Å². The number of halogens is 1. The lowest BCUT2D eigenvalue weighted by Gasteiger charge is -2.12.